The normalized spacial score (nSPS) is 18.1. The summed E-state index contributed by atoms with van der Waals surface area (Å²) >= 11 is 0. The summed E-state index contributed by atoms with van der Waals surface area (Å²) in [6.07, 6.45) is 2.69. The van der Waals surface area contributed by atoms with Crippen LogP contribution in [0.1, 0.15) is 45.2 Å². The first-order valence-corrected chi connectivity index (χ1v) is 7.50. The van der Waals surface area contributed by atoms with Crippen LogP contribution >= 0.6 is 0 Å². The molecule has 112 valence electrons. The molecular weight excluding hydrogens is 252 g/mol. The Morgan fingerprint density at radius 2 is 2.00 bits per heavy atom. The van der Waals surface area contributed by atoms with Gasteiger partial charge < -0.3 is 9.47 Å². The fourth-order valence-electron chi connectivity index (χ4n) is 2.58. The third-order valence-corrected chi connectivity index (χ3v) is 3.57. The number of hydrogen-bond donors (Lipinski definition) is 2. The lowest BCUT2D eigenvalue weighted by Crippen LogP contribution is -2.39. The molecule has 0 spiro atoms. The maximum Gasteiger partial charge on any atom is 0.124 e. The summed E-state index contributed by atoms with van der Waals surface area (Å²) < 4.78 is 11.8. The highest BCUT2D eigenvalue weighted by Crippen LogP contribution is 2.41. The molecule has 0 bridgehead atoms. The molecule has 0 radical (unpaired) electrons. The molecule has 2 atom stereocenters. The van der Waals surface area contributed by atoms with Crippen molar-refractivity contribution in [3.63, 3.8) is 0 Å². The van der Waals surface area contributed by atoms with E-state index < -0.39 is 0 Å². The molecule has 3 N–H and O–H groups in total. The zero-order chi connectivity index (χ0) is 14.5. The Bertz CT molecular complexity index is 419. The van der Waals surface area contributed by atoms with Crippen LogP contribution in [0.5, 0.6) is 5.75 Å². The molecule has 0 aromatic heterocycles. The van der Waals surface area contributed by atoms with Crippen molar-refractivity contribution in [1.29, 1.82) is 0 Å². The van der Waals surface area contributed by atoms with Gasteiger partial charge in [-0.2, -0.15) is 0 Å². The lowest BCUT2D eigenvalue weighted by atomic mass is 9.97. The van der Waals surface area contributed by atoms with Gasteiger partial charge in [0, 0.05) is 12.2 Å². The number of hydrazine groups is 1. The maximum absolute atomic E-state index is 5.94. The van der Waals surface area contributed by atoms with E-state index in [9.17, 15) is 0 Å². The third-order valence-electron chi connectivity index (χ3n) is 3.57. The molecule has 0 heterocycles. The van der Waals surface area contributed by atoms with Gasteiger partial charge in [-0.15, -0.1) is 0 Å². The predicted molar refractivity (Wildman–Crippen MR) is 80.4 cm³/mol. The lowest BCUT2D eigenvalue weighted by molar-refractivity contribution is 0.0176. The minimum Gasteiger partial charge on any atom is -0.491 e. The average Bonchev–Trinajstić information content (AvgIpc) is 3.24. The van der Waals surface area contributed by atoms with E-state index in [0.717, 1.165) is 11.3 Å². The van der Waals surface area contributed by atoms with Crippen LogP contribution in [0.15, 0.2) is 24.3 Å². The van der Waals surface area contributed by atoms with Crippen LogP contribution in [-0.2, 0) is 4.74 Å². The van der Waals surface area contributed by atoms with Crippen molar-refractivity contribution < 1.29 is 9.47 Å². The van der Waals surface area contributed by atoms with E-state index in [-0.39, 0.29) is 18.2 Å². The number of ether oxygens (including phenoxy) is 2. The van der Waals surface area contributed by atoms with Crippen molar-refractivity contribution in [2.75, 3.05) is 6.61 Å². The summed E-state index contributed by atoms with van der Waals surface area (Å²) in [6.45, 7) is 6.79. The Morgan fingerprint density at radius 1 is 1.30 bits per heavy atom. The number of para-hydroxylation sites is 1. The second-order valence-electron chi connectivity index (χ2n) is 5.61. The van der Waals surface area contributed by atoms with Crippen LogP contribution in [-0.4, -0.2) is 18.8 Å². The van der Waals surface area contributed by atoms with Crippen LogP contribution < -0.4 is 16.0 Å². The largest absolute Gasteiger partial charge is 0.491 e. The number of benzene rings is 1. The van der Waals surface area contributed by atoms with Crippen molar-refractivity contribution in [2.24, 2.45) is 11.8 Å². The maximum atomic E-state index is 5.94. The molecular formula is C16H26N2O2. The second kappa shape index (κ2) is 7.07. The van der Waals surface area contributed by atoms with Crippen LogP contribution in [0.2, 0.25) is 0 Å². The van der Waals surface area contributed by atoms with Crippen LogP contribution in [0, 0.1) is 5.92 Å². The molecule has 0 saturated heterocycles. The molecule has 1 fully saturated rings. The molecule has 0 aliphatic heterocycles. The Morgan fingerprint density at radius 3 is 2.55 bits per heavy atom. The Labute approximate surface area is 121 Å². The highest BCUT2D eigenvalue weighted by atomic mass is 16.5. The Balaban J connectivity index is 2.25. The molecule has 1 saturated carbocycles. The fraction of sp³-hybridized carbons (Fsp3) is 0.625. The zero-order valence-electron chi connectivity index (χ0n) is 12.6. The third kappa shape index (κ3) is 3.72. The van der Waals surface area contributed by atoms with Gasteiger partial charge in [0.1, 0.15) is 5.75 Å². The molecule has 4 heteroatoms. The molecule has 2 unspecified atom stereocenters. The topological polar surface area (TPSA) is 56.5 Å². The summed E-state index contributed by atoms with van der Waals surface area (Å²) in [5, 5.41) is 0. The molecule has 20 heavy (non-hydrogen) atoms. The Hall–Kier alpha value is -1.10. The van der Waals surface area contributed by atoms with Crippen molar-refractivity contribution in [3.05, 3.63) is 29.8 Å². The molecule has 1 aliphatic rings. The first-order chi connectivity index (χ1) is 9.67. The van der Waals surface area contributed by atoms with Crippen molar-refractivity contribution in [3.8, 4) is 5.75 Å². The van der Waals surface area contributed by atoms with Gasteiger partial charge in [-0.25, -0.2) is 0 Å². The van der Waals surface area contributed by atoms with Crippen LogP contribution in [0.3, 0.4) is 0 Å². The van der Waals surface area contributed by atoms with Crippen LogP contribution in [0.4, 0.5) is 0 Å². The number of nitrogens with one attached hydrogen (secondary N) is 1. The summed E-state index contributed by atoms with van der Waals surface area (Å²) in [6, 6.07) is 8.04. The Kier molecular flexibility index (Phi) is 5.40. The number of hydrogen-bond acceptors (Lipinski definition) is 4. The van der Waals surface area contributed by atoms with E-state index in [1.165, 1.54) is 12.8 Å². The van der Waals surface area contributed by atoms with Crippen LogP contribution in [0.25, 0.3) is 0 Å². The van der Waals surface area contributed by atoms with E-state index >= 15 is 0 Å². The minimum atomic E-state index is -0.0302. The highest BCUT2D eigenvalue weighted by Gasteiger charge is 2.38. The smallest absolute Gasteiger partial charge is 0.124 e. The standard InChI is InChI=1S/C16H26N2O2/c1-4-19-16(12-9-10-12)15(18-17)13-7-5-6-8-14(13)20-11(2)3/h5-8,11-12,15-16,18H,4,9-10,17H2,1-3H3. The van der Waals surface area contributed by atoms with Gasteiger partial charge in [-0.1, -0.05) is 18.2 Å². The number of rotatable bonds is 8. The quantitative estimate of drug-likeness (QED) is 0.567. The first kappa shape index (κ1) is 15.3. The second-order valence-corrected chi connectivity index (χ2v) is 5.61. The highest BCUT2D eigenvalue weighted by molar-refractivity contribution is 5.37. The van der Waals surface area contributed by atoms with Gasteiger partial charge >= 0.3 is 0 Å². The van der Waals surface area contributed by atoms with Crippen molar-refractivity contribution in [1.82, 2.24) is 5.43 Å². The molecule has 1 aromatic rings. The lowest BCUT2D eigenvalue weighted by Gasteiger charge is -2.28. The molecule has 1 aliphatic carbocycles. The number of nitrogens with two attached hydrogens (primary N) is 1. The van der Waals surface area contributed by atoms with Gasteiger partial charge in [0.2, 0.25) is 0 Å². The zero-order valence-corrected chi connectivity index (χ0v) is 12.6. The van der Waals surface area contributed by atoms with Crippen molar-refractivity contribution >= 4 is 0 Å². The van der Waals surface area contributed by atoms with Gasteiger partial charge in [0.25, 0.3) is 0 Å². The SMILES string of the molecule is CCOC(C1CC1)C(NN)c1ccccc1OC(C)C. The first-order valence-electron chi connectivity index (χ1n) is 7.50. The summed E-state index contributed by atoms with van der Waals surface area (Å²) in [5.41, 5.74) is 4.01. The van der Waals surface area contributed by atoms with Gasteiger partial charge in [0.05, 0.1) is 18.2 Å². The van der Waals surface area contributed by atoms with E-state index in [1.807, 2.05) is 39.0 Å². The van der Waals surface area contributed by atoms with E-state index in [1.54, 1.807) is 0 Å². The molecule has 1 aromatic carbocycles. The molecule has 2 rings (SSSR count). The van der Waals surface area contributed by atoms with Gasteiger partial charge in [-0.05, 0) is 45.6 Å². The average molecular weight is 278 g/mol. The van der Waals surface area contributed by atoms with Gasteiger partial charge in [-0.3, -0.25) is 11.3 Å². The van der Waals surface area contributed by atoms with Gasteiger partial charge in [0.15, 0.2) is 0 Å². The van der Waals surface area contributed by atoms with E-state index in [4.69, 9.17) is 15.3 Å². The summed E-state index contributed by atoms with van der Waals surface area (Å²) in [4.78, 5) is 0. The monoisotopic (exact) mass is 278 g/mol. The fourth-order valence-corrected chi connectivity index (χ4v) is 2.58. The van der Waals surface area contributed by atoms with E-state index in [0.29, 0.717) is 12.5 Å². The molecule has 0 amide bonds. The summed E-state index contributed by atoms with van der Waals surface area (Å²) in [5.74, 6) is 7.30. The van der Waals surface area contributed by atoms with Crippen molar-refractivity contribution in [2.45, 2.75) is 51.9 Å². The molecule has 4 nitrogen and oxygen atoms in total. The minimum absolute atomic E-state index is 0.0302. The predicted octanol–water partition coefficient (Wildman–Crippen LogP) is 2.79. The summed E-state index contributed by atoms with van der Waals surface area (Å²) in [7, 11) is 0. The van der Waals surface area contributed by atoms with E-state index in [2.05, 4.69) is 11.5 Å².